The van der Waals surface area contributed by atoms with Gasteiger partial charge in [-0.15, -0.1) is 0 Å². The van der Waals surface area contributed by atoms with Crippen molar-refractivity contribution in [1.82, 2.24) is 14.9 Å². The van der Waals surface area contributed by atoms with E-state index in [1.165, 1.54) is 47.7 Å². The highest BCUT2D eigenvalue weighted by Crippen LogP contribution is 2.36. The Balaban J connectivity index is 1.98. The van der Waals surface area contributed by atoms with Crippen molar-refractivity contribution in [2.75, 3.05) is 13.6 Å². The summed E-state index contributed by atoms with van der Waals surface area (Å²) >= 11 is 0. The van der Waals surface area contributed by atoms with E-state index in [0.717, 1.165) is 5.52 Å². The Kier molecular flexibility index (Phi) is 2.74. The van der Waals surface area contributed by atoms with Crippen molar-refractivity contribution >= 4 is 21.8 Å². The molecule has 3 heterocycles. The number of hydrogen-bond donors (Lipinski definition) is 1. The molecule has 1 atom stereocenters. The van der Waals surface area contributed by atoms with E-state index in [4.69, 9.17) is 0 Å². The Hall–Kier alpha value is -1.87. The summed E-state index contributed by atoms with van der Waals surface area (Å²) in [7, 11) is 2.23. The van der Waals surface area contributed by atoms with Crippen LogP contribution in [0.4, 0.5) is 0 Å². The van der Waals surface area contributed by atoms with Crippen LogP contribution in [0.15, 0.2) is 36.7 Å². The largest absolute Gasteiger partial charge is 0.353 e. The Morgan fingerprint density at radius 1 is 1.15 bits per heavy atom. The van der Waals surface area contributed by atoms with Gasteiger partial charge >= 0.3 is 0 Å². The van der Waals surface area contributed by atoms with E-state index in [1.54, 1.807) is 0 Å². The third-order valence-corrected chi connectivity index (χ3v) is 4.57. The molecule has 3 aromatic rings. The fourth-order valence-electron chi connectivity index (χ4n) is 3.55. The zero-order valence-corrected chi connectivity index (χ0v) is 11.8. The standard InChI is InChI=1S/C17H19N3/c1-20-9-5-4-8-16(20)13-10-18-11-15-17(13)12-6-2-3-7-14(12)19-15/h2-3,6-7,10-11,16,19H,4-5,8-9H2,1H3. The summed E-state index contributed by atoms with van der Waals surface area (Å²) in [6.07, 6.45) is 7.87. The molecule has 1 saturated heterocycles. The minimum Gasteiger partial charge on any atom is -0.353 e. The molecule has 0 spiro atoms. The molecule has 3 nitrogen and oxygen atoms in total. The number of para-hydroxylation sites is 1. The van der Waals surface area contributed by atoms with Gasteiger partial charge in [0.1, 0.15) is 0 Å². The third kappa shape index (κ3) is 1.74. The molecule has 0 amide bonds. The number of piperidine rings is 1. The molecule has 1 N–H and O–H groups in total. The van der Waals surface area contributed by atoms with Gasteiger partial charge in [-0.1, -0.05) is 24.6 Å². The van der Waals surface area contributed by atoms with Crippen LogP contribution in [0.5, 0.6) is 0 Å². The Labute approximate surface area is 118 Å². The van der Waals surface area contributed by atoms with Crippen molar-refractivity contribution < 1.29 is 0 Å². The van der Waals surface area contributed by atoms with E-state index in [1.807, 2.05) is 6.20 Å². The van der Waals surface area contributed by atoms with Crippen LogP contribution in [0.3, 0.4) is 0 Å². The summed E-state index contributed by atoms with van der Waals surface area (Å²) in [6, 6.07) is 9.05. The number of aromatic nitrogens is 2. The first-order valence-corrected chi connectivity index (χ1v) is 7.39. The third-order valence-electron chi connectivity index (χ3n) is 4.57. The summed E-state index contributed by atoms with van der Waals surface area (Å²) in [5.41, 5.74) is 3.74. The number of hydrogen-bond acceptors (Lipinski definition) is 2. The highest BCUT2D eigenvalue weighted by molar-refractivity contribution is 6.08. The lowest BCUT2D eigenvalue weighted by atomic mass is 9.94. The maximum Gasteiger partial charge on any atom is 0.0654 e. The van der Waals surface area contributed by atoms with E-state index in [2.05, 4.69) is 52.4 Å². The number of rotatable bonds is 1. The SMILES string of the molecule is CN1CCCCC1c1cncc2[nH]c3ccccc3c12. The average molecular weight is 265 g/mol. The second-order valence-corrected chi connectivity index (χ2v) is 5.81. The predicted molar refractivity (Wildman–Crippen MR) is 82.8 cm³/mol. The lowest BCUT2D eigenvalue weighted by Crippen LogP contribution is -2.29. The lowest BCUT2D eigenvalue weighted by Gasteiger charge is -2.33. The monoisotopic (exact) mass is 265 g/mol. The Bertz CT molecular complexity index is 759. The first-order valence-electron chi connectivity index (χ1n) is 7.39. The first-order chi connectivity index (χ1) is 9.84. The number of benzene rings is 1. The minimum absolute atomic E-state index is 0.499. The smallest absolute Gasteiger partial charge is 0.0654 e. The molecule has 102 valence electrons. The molecule has 1 aliphatic rings. The number of nitrogens with zero attached hydrogens (tertiary/aromatic N) is 2. The second-order valence-electron chi connectivity index (χ2n) is 5.81. The predicted octanol–water partition coefficient (Wildman–Crippen LogP) is 3.87. The quantitative estimate of drug-likeness (QED) is 0.724. The highest BCUT2D eigenvalue weighted by Gasteiger charge is 2.23. The van der Waals surface area contributed by atoms with Crippen molar-refractivity contribution in [2.45, 2.75) is 25.3 Å². The maximum atomic E-state index is 4.46. The number of aromatic amines is 1. The van der Waals surface area contributed by atoms with Gasteiger partial charge in [-0.25, -0.2) is 0 Å². The summed E-state index contributed by atoms with van der Waals surface area (Å²) in [4.78, 5) is 10.4. The highest BCUT2D eigenvalue weighted by atomic mass is 15.1. The van der Waals surface area contributed by atoms with Gasteiger partial charge in [-0.05, 0) is 38.1 Å². The van der Waals surface area contributed by atoms with E-state index in [0.29, 0.717) is 6.04 Å². The van der Waals surface area contributed by atoms with Crippen LogP contribution in [-0.4, -0.2) is 28.5 Å². The molecule has 4 rings (SSSR count). The topological polar surface area (TPSA) is 31.9 Å². The fraction of sp³-hybridized carbons (Fsp3) is 0.353. The molecule has 0 bridgehead atoms. The van der Waals surface area contributed by atoms with Gasteiger partial charge in [0.05, 0.1) is 11.7 Å². The molecule has 1 fully saturated rings. The van der Waals surface area contributed by atoms with Crippen LogP contribution in [0.1, 0.15) is 30.9 Å². The number of nitrogens with one attached hydrogen (secondary N) is 1. The molecule has 20 heavy (non-hydrogen) atoms. The number of likely N-dealkylation sites (tertiary alicyclic amines) is 1. The van der Waals surface area contributed by atoms with Gasteiger partial charge in [0, 0.05) is 28.5 Å². The molecule has 0 aliphatic carbocycles. The second kappa shape index (κ2) is 4.60. The molecule has 1 aromatic carbocycles. The normalized spacial score (nSPS) is 20.8. The molecule has 3 heteroatoms. The summed E-state index contributed by atoms with van der Waals surface area (Å²) < 4.78 is 0. The molecular weight excluding hydrogens is 246 g/mol. The van der Waals surface area contributed by atoms with Crippen LogP contribution in [0, 0.1) is 0 Å². The van der Waals surface area contributed by atoms with E-state index >= 15 is 0 Å². The molecule has 0 saturated carbocycles. The van der Waals surface area contributed by atoms with Crippen LogP contribution in [0.2, 0.25) is 0 Å². The van der Waals surface area contributed by atoms with Gasteiger partial charge in [-0.3, -0.25) is 9.88 Å². The molecule has 1 unspecified atom stereocenters. The number of H-pyrrole nitrogens is 1. The van der Waals surface area contributed by atoms with Crippen molar-refractivity contribution in [3.8, 4) is 0 Å². The average Bonchev–Trinajstić information content (AvgIpc) is 2.86. The lowest BCUT2D eigenvalue weighted by molar-refractivity contribution is 0.188. The number of pyridine rings is 1. The van der Waals surface area contributed by atoms with Gasteiger partial charge in [-0.2, -0.15) is 0 Å². The molecule has 2 aromatic heterocycles. The zero-order valence-electron chi connectivity index (χ0n) is 11.8. The van der Waals surface area contributed by atoms with Gasteiger partial charge in [0.15, 0.2) is 0 Å². The van der Waals surface area contributed by atoms with Crippen LogP contribution in [0.25, 0.3) is 21.8 Å². The van der Waals surface area contributed by atoms with Gasteiger partial charge in [0.2, 0.25) is 0 Å². The van der Waals surface area contributed by atoms with E-state index in [9.17, 15) is 0 Å². The summed E-state index contributed by atoms with van der Waals surface area (Å²) in [5, 5.41) is 2.67. The minimum atomic E-state index is 0.499. The first kappa shape index (κ1) is 11.9. The molecule has 0 radical (unpaired) electrons. The fourth-order valence-corrected chi connectivity index (χ4v) is 3.55. The van der Waals surface area contributed by atoms with Crippen molar-refractivity contribution in [3.63, 3.8) is 0 Å². The van der Waals surface area contributed by atoms with E-state index in [-0.39, 0.29) is 0 Å². The van der Waals surface area contributed by atoms with Crippen LogP contribution >= 0.6 is 0 Å². The molecule has 1 aliphatic heterocycles. The van der Waals surface area contributed by atoms with Gasteiger partial charge < -0.3 is 4.98 Å². The van der Waals surface area contributed by atoms with Crippen molar-refractivity contribution in [3.05, 3.63) is 42.2 Å². The Morgan fingerprint density at radius 2 is 2.05 bits per heavy atom. The number of fused-ring (bicyclic) bond motifs is 3. The summed E-state index contributed by atoms with van der Waals surface area (Å²) in [6.45, 7) is 1.18. The van der Waals surface area contributed by atoms with Crippen molar-refractivity contribution in [1.29, 1.82) is 0 Å². The zero-order chi connectivity index (χ0) is 13.5. The van der Waals surface area contributed by atoms with Gasteiger partial charge in [0.25, 0.3) is 0 Å². The Morgan fingerprint density at radius 3 is 2.95 bits per heavy atom. The van der Waals surface area contributed by atoms with Crippen LogP contribution in [-0.2, 0) is 0 Å². The summed E-state index contributed by atoms with van der Waals surface area (Å²) in [5.74, 6) is 0. The molecular formula is C17H19N3. The van der Waals surface area contributed by atoms with Crippen molar-refractivity contribution in [2.24, 2.45) is 0 Å². The van der Waals surface area contributed by atoms with E-state index < -0.39 is 0 Å². The van der Waals surface area contributed by atoms with Crippen LogP contribution < -0.4 is 0 Å². The maximum absolute atomic E-state index is 4.46.